The van der Waals surface area contributed by atoms with E-state index in [1.54, 1.807) is 30.3 Å². The van der Waals surface area contributed by atoms with Gasteiger partial charge in [0.25, 0.3) is 5.91 Å². The summed E-state index contributed by atoms with van der Waals surface area (Å²) in [6, 6.07) is 12.4. The monoisotopic (exact) mass is 471 g/mol. The van der Waals surface area contributed by atoms with Crippen LogP contribution in [0.2, 0.25) is 0 Å². The van der Waals surface area contributed by atoms with Gasteiger partial charge in [-0.15, -0.1) is 0 Å². The number of carbonyl (C=O) groups is 2. The van der Waals surface area contributed by atoms with E-state index in [-0.39, 0.29) is 19.1 Å². The number of rotatable bonds is 7. The van der Waals surface area contributed by atoms with Crippen LogP contribution in [0.1, 0.15) is 32.9 Å². The number of benzene rings is 2. The third kappa shape index (κ3) is 5.27. The molecule has 7 nitrogen and oxygen atoms in total. The molecule has 0 saturated heterocycles. The average Bonchev–Trinajstić information content (AvgIpc) is 3.04. The van der Waals surface area contributed by atoms with Crippen LogP contribution >= 0.6 is 15.9 Å². The lowest BCUT2D eigenvalue weighted by Crippen LogP contribution is -2.33. The number of hydrogen-bond donors (Lipinski definition) is 2. The zero-order valence-electron chi connectivity index (χ0n) is 16.9. The number of anilines is 1. The molecule has 3 rings (SSSR count). The Morgan fingerprint density at radius 2 is 1.90 bits per heavy atom. The quantitative estimate of drug-likeness (QED) is 0.535. The summed E-state index contributed by atoms with van der Waals surface area (Å²) in [5, 5.41) is 9.33. The Bertz CT molecular complexity index is 1060. The minimum atomic E-state index is -0.396. The highest BCUT2D eigenvalue weighted by Gasteiger charge is 2.16. The maximum Gasteiger partial charge on any atom is 0.255 e. The second-order valence-corrected chi connectivity index (χ2v) is 7.69. The summed E-state index contributed by atoms with van der Waals surface area (Å²) in [5.41, 5.74) is 3.54. The van der Waals surface area contributed by atoms with Crippen molar-refractivity contribution >= 4 is 33.4 Å². The van der Waals surface area contributed by atoms with Gasteiger partial charge in [-0.2, -0.15) is 0 Å². The molecule has 156 valence electrons. The molecule has 3 aromatic rings. The molecular formula is C22H22BrN3O4. The normalized spacial score (nSPS) is 10.5. The Morgan fingerprint density at radius 3 is 2.60 bits per heavy atom. The molecule has 0 spiro atoms. The zero-order valence-corrected chi connectivity index (χ0v) is 18.5. The number of aromatic nitrogens is 1. The van der Waals surface area contributed by atoms with Crippen LogP contribution in [0.15, 0.2) is 51.5 Å². The van der Waals surface area contributed by atoms with Gasteiger partial charge in [0.1, 0.15) is 18.1 Å². The van der Waals surface area contributed by atoms with E-state index in [0.29, 0.717) is 22.8 Å². The van der Waals surface area contributed by atoms with Gasteiger partial charge in [0.05, 0.1) is 23.4 Å². The van der Waals surface area contributed by atoms with Crippen molar-refractivity contribution in [1.82, 2.24) is 10.5 Å². The number of nitrogens with zero attached hydrogens (tertiary/aromatic N) is 1. The summed E-state index contributed by atoms with van der Waals surface area (Å²) in [4.78, 5) is 24.9. The number of hydrogen-bond acceptors (Lipinski definition) is 5. The Labute approximate surface area is 182 Å². The molecule has 0 aliphatic heterocycles. The highest BCUT2D eigenvalue weighted by molar-refractivity contribution is 9.10. The van der Waals surface area contributed by atoms with Gasteiger partial charge in [-0.3, -0.25) is 9.59 Å². The van der Waals surface area contributed by atoms with Crippen LogP contribution in [-0.4, -0.2) is 23.5 Å². The summed E-state index contributed by atoms with van der Waals surface area (Å²) in [5.74, 6) is 0.378. The highest BCUT2D eigenvalue weighted by atomic mass is 79.9. The van der Waals surface area contributed by atoms with Crippen molar-refractivity contribution in [2.45, 2.75) is 27.4 Å². The molecule has 8 heteroatoms. The van der Waals surface area contributed by atoms with E-state index in [0.717, 1.165) is 21.3 Å². The third-order valence-electron chi connectivity index (χ3n) is 4.56. The highest BCUT2D eigenvalue weighted by Crippen LogP contribution is 2.22. The largest absolute Gasteiger partial charge is 0.488 e. The Kier molecular flexibility index (Phi) is 6.89. The van der Waals surface area contributed by atoms with E-state index < -0.39 is 5.91 Å². The predicted molar refractivity (Wildman–Crippen MR) is 117 cm³/mol. The topological polar surface area (TPSA) is 93.5 Å². The summed E-state index contributed by atoms with van der Waals surface area (Å²) < 4.78 is 11.9. The molecule has 0 fully saturated rings. The van der Waals surface area contributed by atoms with Gasteiger partial charge in [0.2, 0.25) is 5.91 Å². The molecular weight excluding hydrogens is 450 g/mol. The van der Waals surface area contributed by atoms with Gasteiger partial charge >= 0.3 is 0 Å². The molecule has 0 bridgehead atoms. The van der Waals surface area contributed by atoms with Gasteiger partial charge in [-0.05, 0) is 56.7 Å². The number of nitrogens with one attached hydrogen (secondary N) is 2. The van der Waals surface area contributed by atoms with Crippen molar-refractivity contribution in [2.24, 2.45) is 0 Å². The number of ether oxygens (including phenoxy) is 1. The molecule has 2 aromatic carbocycles. The second kappa shape index (κ2) is 9.58. The molecule has 0 saturated carbocycles. The summed E-state index contributed by atoms with van der Waals surface area (Å²) in [6.07, 6.45) is 0. The average molecular weight is 472 g/mol. The second-order valence-electron chi connectivity index (χ2n) is 6.78. The van der Waals surface area contributed by atoms with Crippen molar-refractivity contribution in [1.29, 1.82) is 0 Å². The SMILES string of the molecule is Cc1cc(Br)ccc1NC(=O)CNC(=O)c1ccccc1OCc1c(C)noc1C. The van der Waals surface area contributed by atoms with Crippen molar-refractivity contribution in [3.63, 3.8) is 0 Å². The molecule has 0 aliphatic carbocycles. The van der Waals surface area contributed by atoms with Gasteiger partial charge in [0, 0.05) is 10.2 Å². The minimum absolute atomic E-state index is 0.160. The molecule has 0 unspecified atom stereocenters. The van der Waals surface area contributed by atoms with Crippen LogP contribution in [0.5, 0.6) is 5.75 Å². The summed E-state index contributed by atoms with van der Waals surface area (Å²) >= 11 is 3.39. The molecule has 2 N–H and O–H groups in total. The molecule has 1 aromatic heterocycles. The smallest absolute Gasteiger partial charge is 0.255 e. The first-order chi connectivity index (χ1) is 14.3. The minimum Gasteiger partial charge on any atom is -0.488 e. The maximum absolute atomic E-state index is 12.6. The van der Waals surface area contributed by atoms with Crippen LogP contribution in [0.3, 0.4) is 0 Å². The summed E-state index contributed by atoms with van der Waals surface area (Å²) in [6.45, 7) is 5.61. The fourth-order valence-electron chi connectivity index (χ4n) is 2.86. The maximum atomic E-state index is 12.6. The molecule has 1 heterocycles. The third-order valence-corrected chi connectivity index (χ3v) is 5.05. The number of halogens is 1. The van der Waals surface area contributed by atoms with Crippen molar-refractivity contribution in [2.75, 3.05) is 11.9 Å². The Morgan fingerprint density at radius 1 is 1.13 bits per heavy atom. The van der Waals surface area contributed by atoms with E-state index in [1.807, 2.05) is 32.9 Å². The van der Waals surface area contributed by atoms with Gasteiger partial charge in [-0.1, -0.05) is 33.2 Å². The molecule has 0 radical (unpaired) electrons. The molecule has 30 heavy (non-hydrogen) atoms. The van der Waals surface area contributed by atoms with Crippen LogP contribution in [0.25, 0.3) is 0 Å². The molecule has 2 amide bonds. The first-order valence-corrected chi connectivity index (χ1v) is 10.1. The van der Waals surface area contributed by atoms with Crippen LogP contribution in [0, 0.1) is 20.8 Å². The number of para-hydroxylation sites is 1. The number of amides is 2. The zero-order chi connectivity index (χ0) is 21.7. The van der Waals surface area contributed by atoms with E-state index in [2.05, 4.69) is 31.7 Å². The Hall–Kier alpha value is -3.13. The van der Waals surface area contributed by atoms with E-state index in [9.17, 15) is 9.59 Å². The standard InChI is InChI=1S/C22H22BrN3O4/c1-13-10-16(23)8-9-19(13)25-21(27)11-24-22(28)17-6-4-5-7-20(17)29-12-18-14(2)26-30-15(18)3/h4-10H,11-12H2,1-3H3,(H,24,28)(H,25,27). The van der Waals surface area contributed by atoms with Crippen LogP contribution < -0.4 is 15.4 Å². The first-order valence-electron chi connectivity index (χ1n) is 9.33. The van der Waals surface area contributed by atoms with Crippen LogP contribution in [-0.2, 0) is 11.4 Å². The number of aryl methyl sites for hydroxylation is 3. The Balaban J connectivity index is 1.61. The summed E-state index contributed by atoms with van der Waals surface area (Å²) in [7, 11) is 0. The first kappa shape index (κ1) is 21.6. The van der Waals surface area contributed by atoms with Gasteiger partial charge in [0.15, 0.2) is 0 Å². The number of carbonyl (C=O) groups excluding carboxylic acids is 2. The lowest BCUT2D eigenvalue weighted by Gasteiger charge is -2.12. The molecule has 0 aliphatic rings. The van der Waals surface area contributed by atoms with Crippen molar-refractivity contribution in [3.05, 3.63) is 75.1 Å². The van der Waals surface area contributed by atoms with Gasteiger partial charge < -0.3 is 19.9 Å². The van der Waals surface area contributed by atoms with Crippen molar-refractivity contribution < 1.29 is 18.8 Å². The predicted octanol–water partition coefficient (Wildman–Crippen LogP) is 4.31. The fraction of sp³-hybridized carbons (Fsp3) is 0.227. The van der Waals surface area contributed by atoms with E-state index in [4.69, 9.17) is 9.26 Å². The van der Waals surface area contributed by atoms with Gasteiger partial charge in [-0.25, -0.2) is 0 Å². The fourth-order valence-corrected chi connectivity index (χ4v) is 3.33. The lowest BCUT2D eigenvalue weighted by molar-refractivity contribution is -0.115. The lowest BCUT2D eigenvalue weighted by atomic mass is 10.1. The van der Waals surface area contributed by atoms with Crippen molar-refractivity contribution in [3.8, 4) is 5.75 Å². The molecule has 0 atom stereocenters. The van der Waals surface area contributed by atoms with Crippen LogP contribution in [0.4, 0.5) is 5.69 Å². The van der Waals surface area contributed by atoms with E-state index in [1.165, 1.54) is 0 Å². The van der Waals surface area contributed by atoms with E-state index >= 15 is 0 Å².